The molecule has 0 radical (unpaired) electrons. The number of ketones is 1. The molecule has 3 N–H and O–H groups in total. The summed E-state index contributed by atoms with van der Waals surface area (Å²) in [6.07, 6.45) is 10.4. The monoisotopic (exact) mass is 719 g/mol. The van der Waals surface area contributed by atoms with E-state index in [0.29, 0.717) is 24.8 Å². The van der Waals surface area contributed by atoms with Crippen molar-refractivity contribution in [2.75, 3.05) is 6.54 Å². The van der Waals surface area contributed by atoms with Crippen LogP contribution in [0.2, 0.25) is 0 Å². The van der Waals surface area contributed by atoms with Gasteiger partial charge in [0.05, 0.1) is 23.6 Å². The number of carbonyl (C=O) groups is 3. The Kier molecular flexibility index (Phi) is 9.97. The van der Waals surface area contributed by atoms with Gasteiger partial charge in [-0.3, -0.25) is 14.4 Å². The number of carboxylic acids is 1. The third-order valence-corrected chi connectivity index (χ3v) is 16.2. The first kappa shape index (κ1) is 39.1. The molecule has 0 amide bonds. The number of esters is 1. The maximum absolute atomic E-state index is 14.0. The number of ether oxygens (including phenoxy) is 1. The van der Waals surface area contributed by atoms with Gasteiger partial charge in [0.2, 0.25) is 0 Å². The number of aliphatic carboxylic acids is 1. The van der Waals surface area contributed by atoms with Crippen LogP contribution in [0.4, 0.5) is 0 Å². The zero-order valence-corrected chi connectivity index (χ0v) is 33.5. The number of carboxylic acid groups (broad SMARTS) is 1. The van der Waals surface area contributed by atoms with E-state index in [1.807, 2.05) is 6.07 Å². The van der Waals surface area contributed by atoms with Crippen molar-refractivity contribution in [2.24, 2.45) is 56.2 Å². The summed E-state index contributed by atoms with van der Waals surface area (Å²) in [5.41, 5.74) is 1.25. The highest BCUT2D eigenvalue weighted by Crippen LogP contribution is 2.77. The number of Topliss-reactive ketones (excluding diaryl/α,β-unsaturated/α-hetero) is 1. The quantitative estimate of drug-likeness (QED) is 0.206. The van der Waals surface area contributed by atoms with Gasteiger partial charge in [-0.1, -0.05) is 54.0 Å². The zero-order valence-electron chi connectivity index (χ0n) is 33.5. The average Bonchev–Trinajstić information content (AvgIpc) is 3.38. The van der Waals surface area contributed by atoms with Gasteiger partial charge in [0, 0.05) is 36.0 Å². The fraction of sp³-hybridized carbons (Fsp3) is 0.791. The van der Waals surface area contributed by atoms with Gasteiger partial charge in [-0.15, -0.1) is 0 Å². The number of fused-ring (bicyclic) bond motifs is 7. The number of aromatic nitrogens is 2. The van der Waals surface area contributed by atoms with Gasteiger partial charge in [0.25, 0.3) is 0 Å². The molecule has 5 aliphatic rings. The Hall–Kier alpha value is -2.65. The number of nitrogens with one attached hydrogen (secondary N) is 1. The van der Waals surface area contributed by atoms with Crippen LogP contribution in [0.25, 0.3) is 0 Å². The van der Waals surface area contributed by atoms with E-state index >= 15 is 0 Å². The summed E-state index contributed by atoms with van der Waals surface area (Å²) in [5.74, 6) is -0.00358. The van der Waals surface area contributed by atoms with Crippen molar-refractivity contribution in [1.82, 2.24) is 15.3 Å². The van der Waals surface area contributed by atoms with Crippen LogP contribution in [-0.4, -0.2) is 56.7 Å². The Labute approximate surface area is 311 Å². The van der Waals surface area contributed by atoms with Crippen LogP contribution in [0.15, 0.2) is 29.7 Å². The number of hydrogen-bond donors (Lipinski definition) is 3. The normalized spacial score (nSPS) is 38.1. The molecule has 9 heteroatoms. The van der Waals surface area contributed by atoms with Crippen LogP contribution in [0, 0.1) is 56.2 Å². The van der Waals surface area contributed by atoms with E-state index in [1.165, 1.54) is 5.57 Å². The van der Waals surface area contributed by atoms with Gasteiger partial charge in [-0.2, -0.15) is 0 Å². The predicted octanol–water partition coefficient (Wildman–Crippen LogP) is 7.88. The average molecular weight is 720 g/mol. The van der Waals surface area contributed by atoms with E-state index < -0.39 is 28.9 Å². The minimum Gasteiger partial charge on any atom is -0.481 e. The van der Waals surface area contributed by atoms with E-state index in [-0.39, 0.29) is 57.8 Å². The number of aliphatic hydroxyl groups is 1. The first-order chi connectivity index (χ1) is 24.2. The summed E-state index contributed by atoms with van der Waals surface area (Å²) in [5, 5.41) is 25.3. The van der Waals surface area contributed by atoms with Gasteiger partial charge in [-0.25, -0.2) is 9.97 Å². The molecule has 9 nitrogen and oxygen atoms in total. The predicted molar refractivity (Wildman–Crippen MR) is 200 cm³/mol. The smallest absolute Gasteiger partial charge is 0.309 e. The number of allylic oxidation sites excluding steroid dienone is 1. The van der Waals surface area contributed by atoms with Crippen LogP contribution in [0.3, 0.4) is 0 Å². The molecule has 1 aromatic rings. The van der Waals surface area contributed by atoms with E-state index in [1.54, 1.807) is 26.4 Å². The number of aliphatic hydroxyl groups excluding tert-OH is 1. The van der Waals surface area contributed by atoms with Gasteiger partial charge in [-0.05, 0) is 124 Å². The van der Waals surface area contributed by atoms with Crippen molar-refractivity contribution in [3.05, 3.63) is 35.4 Å². The molecule has 0 bridgehead atoms. The van der Waals surface area contributed by atoms with Crippen molar-refractivity contribution >= 4 is 17.7 Å². The molecule has 4 fully saturated rings. The molecule has 0 spiro atoms. The van der Waals surface area contributed by atoms with Crippen LogP contribution in [0.1, 0.15) is 145 Å². The van der Waals surface area contributed by atoms with Gasteiger partial charge >= 0.3 is 11.9 Å². The van der Waals surface area contributed by atoms with Gasteiger partial charge in [0.1, 0.15) is 12.4 Å². The lowest BCUT2D eigenvalue weighted by atomic mass is 9.33. The highest BCUT2D eigenvalue weighted by atomic mass is 16.5. The number of carbonyl (C=O) groups excluding carboxylic acids is 2. The third-order valence-electron chi connectivity index (χ3n) is 16.2. The lowest BCUT2D eigenvalue weighted by molar-refractivity contribution is -0.235. The summed E-state index contributed by atoms with van der Waals surface area (Å²) >= 11 is 0. The fourth-order valence-electron chi connectivity index (χ4n) is 13.1. The Bertz CT molecular complexity index is 1600. The van der Waals surface area contributed by atoms with Crippen molar-refractivity contribution < 1.29 is 29.3 Å². The van der Waals surface area contributed by atoms with Crippen molar-refractivity contribution in [1.29, 1.82) is 0 Å². The second-order valence-corrected chi connectivity index (χ2v) is 19.8. The lowest BCUT2D eigenvalue weighted by Gasteiger charge is -2.72. The van der Waals surface area contributed by atoms with Gasteiger partial charge in [0.15, 0.2) is 5.78 Å². The van der Waals surface area contributed by atoms with Crippen molar-refractivity contribution in [3.8, 4) is 0 Å². The second-order valence-electron chi connectivity index (χ2n) is 19.8. The van der Waals surface area contributed by atoms with E-state index in [9.17, 15) is 24.6 Å². The summed E-state index contributed by atoms with van der Waals surface area (Å²) in [6, 6.07) is 1.84. The van der Waals surface area contributed by atoms with E-state index in [2.05, 4.69) is 70.7 Å². The molecule has 288 valence electrons. The molecule has 6 rings (SSSR count). The topological polar surface area (TPSA) is 139 Å². The lowest BCUT2D eigenvalue weighted by Crippen LogP contribution is -2.66. The number of nitrogens with zero attached hydrogens (tertiary/aromatic N) is 2. The molecule has 10 atom stereocenters. The Balaban J connectivity index is 1.27. The highest BCUT2D eigenvalue weighted by Gasteiger charge is 2.70. The van der Waals surface area contributed by atoms with Crippen LogP contribution in [0.5, 0.6) is 0 Å². The van der Waals surface area contributed by atoms with Crippen LogP contribution >= 0.6 is 0 Å². The highest BCUT2D eigenvalue weighted by molar-refractivity contribution is 6.00. The molecule has 0 aromatic carbocycles. The molecule has 1 heterocycles. The third kappa shape index (κ3) is 5.90. The standard InChI is InChI=1S/C43H65N3O6/c1-25(2)35-29(47)21-43(32(48)23-45-26(3)28-15-20-44-24-46-28)19-18-41(9)27(36(35)43)11-12-31-40(8)16-14-33(52-34(49)22-38(4,5)37(50)51)39(6,7)30(40)13-17-42(31,41)10/h15,20,24-27,30-33,45,48H,11-14,16-19,21-23H2,1-10H3,(H,50,51)/t26-,27-,30+,31-,32?,33+,40+,41-,42-,43?/m1/s1. The maximum atomic E-state index is 14.0. The number of rotatable bonds is 10. The van der Waals surface area contributed by atoms with E-state index in [4.69, 9.17) is 4.74 Å². The summed E-state index contributed by atoms with van der Waals surface area (Å²) in [6.45, 7) is 22.0. The Morgan fingerprint density at radius 2 is 1.69 bits per heavy atom. The molecule has 1 aromatic heterocycles. The molecular formula is C43H65N3O6. The molecular weight excluding hydrogens is 654 g/mol. The molecule has 4 saturated carbocycles. The zero-order chi connectivity index (χ0) is 38.2. The molecule has 0 aliphatic heterocycles. The summed E-state index contributed by atoms with van der Waals surface area (Å²) in [4.78, 5) is 47.3. The second kappa shape index (κ2) is 13.3. The fourth-order valence-corrected chi connectivity index (χ4v) is 13.1. The molecule has 0 saturated heterocycles. The Morgan fingerprint density at radius 1 is 0.981 bits per heavy atom. The van der Waals surface area contributed by atoms with Gasteiger partial charge < -0.3 is 20.3 Å². The Morgan fingerprint density at radius 3 is 2.33 bits per heavy atom. The number of hydrogen-bond acceptors (Lipinski definition) is 8. The summed E-state index contributed by atoms with van der Waals surface area (Å²) in [7, 11) is 0. The van der Waals surface area contributed by atoms with E-state index in [0.717, 1.165) is 62.6 Å². The minimum absolute atomic E-state index is 0.0231. The van der Waals surface area contributed by atoms with Crippen LogP contribution < -0.4 is 5.32 Å². The maximum Gasteiger partial charge on any atom is 0.309 e. The molecule has 2 unspecified atom stereocenters. The van der Waals surface area contributed by atoms with Crippen LogP contribution in [-0.2, 0) is 19.1 Å². The summed E-state index contributed by atoms with van der Waals surface area (Å²) < 4.78 is 6.16. The largest absolute Gasteiger partial charge is 0.481 e. The first-order valence-electron chi connectivity index (χ1n) is 20.0. The SMILES string of the molecule is CC(C)C1=C2[C@H]3CC[C@@H]4[C@@]5(C)CC[C@H](OC(=O)CC(C)(C)C(=O)O)C(C)(C)[C@@H]5CC[C@@]4(C)[C@]3(C)CCC2(C(O)CN[C@H](C)c2ccncn2)CC1=O. The molecule has 5 aliphatic carbocycles. The first-order valence-corrected chi connectivity index (χ1v) is 20.0. The van der Waals surface area contributed by atoms with Crippen molar-refractivity contribution in [2.45, 2.75) is 152 Å². The molecule has 52 heavy (non-hydrogen) atoms. The van der Waals surface area contributed by atoms with Crippen molar-refractivity contribution in [3.63, 3.8) is 0 Å². The minimum atomic E-state index is -1.17.